The van der Waals surface area contributed by atoms with Gasteiger partial charge in [-0.05, 0) is 68.1 Å². The fourth-order valence-corrected chi connectivity index (χ4v) is 8.37. The van der Waals surface area contributed by atoms with E-state index in [1.807, 2.05) is 12.1 Å². The van der Waals surface area contributed by atoms with Gasteiger partial charge >= 0.3 is 0 Å². The van der Waals surface area contributed by atoms with Gasteiger partial charge in [0, 0.05) is 25.4 Å². The van der Waals surface area contributed by atoms with Crippen LogP contribution in [0.3, 0.4) is 0 Å². The first-order chi connectivity index (χ1) is 21.4. The number of ether oxygens (including phenoxy) is 2. The normalized spacial score (nSPS) is 24.3. The lowest BCUT2D eigenvalue weighted by Gasteiger charge is -2.39. The van der Waals surface area contributed by atoms with Crippen LogP contribution in [-0.2, 0) is 15.7 Å². The Morgan fingerprint density at radius 2 is 1.80 bits per heavy atom. The van der Waals surface area contributed by atoms with Crippen LogP contribution in [0, 0.1) is 11.8 Å². The zero-order chi connectivity index (χ0) is 31.9. The van der Waals surface area contributed by atoms with Crippen LogP contribution in [0.15, 0.2) is 18.3 Å². The number of anilines is 1. The van der Waals surface area contributed by atoms with Crippen LogP contribution >= 0.6 is 23.2 Å². The molecule has 0 spiro atoms. The molecule has 2 aliphatic carbocycles. The number of morpholine rings is 1. The summed E-state index contributed by atoms with van der Waals surface area (Å²) in [5.74, 6) is 2.82. The second kappa shape index (κ2) is 13.3. The monoisotopic (exact) mass is 673 g/mol. The van der Waals surface area contributed by atoms with Gasteiger partial charge in [0.15, 0.2) is 8.32 Å². The number of hydrogen-bond acceptors (Lipinski definition) is 7. The zero-order valence-electron chi connectivity index (χ0n) is 27.7. The highest BCUT2D eigenvalue weighted by molar-refractivity contribution is 6.74. The Balaban J connectivity index is 1.40. The van der Waals surface area contributed by atoms with Gasteiger partial charge in [-0.25, -0.2) is 15.0 Å². The molecule has 0 radical (unpaired) electrons. The molecule has 3 fully saturated rings. The molecule has 3 aromatic rings. The third-order valence-electron chi connectivity index (χ3n) is 10.7. The van der Waals surface area contributed by atoms with Crippen molar-refractivity contribution in [1.82, 2.24) is 19.5 Å². The molecule has 2 atom stereocenters. The molecule has 246 valence electrons. The molecule has 0 N–H and O–H groups in total. The van der Waals surface area contributed by atoms with Crippen LogP contribution in [0.1, 0.15) is 72.6 Å². The Kier molecular flexibility index (Phi) is 9.76. The van der Waals surface area contributed by atoms with Gasteiger partial charge in [-0.3, -0.25) is 0 Å². The van der Waals surface area contributed by atoms with E-state index < -0.39 is 8.32 Å². The van der Waals surface area contributed by atoms with Gasteiger partial charge in [-0.1, -0.05) is 63.7 Å². The van der Waals surface area contributed by atoms with Crippen molar-refractivity contribution in [3.63, 3.8) is 0 Å². The molecule has 0 amide bonds. The van der Waals surface area contributed by atoms with E-state index in [0.717, 1.165) is 48.8 Å². The van der Waals surface area contributed by atoms with E-state index >= 15 is 0 Å². The van der Waals surface area contributed by atoms with Gasteiger partial charge in [0.2, 0.25) is 11.8 Å². The summed E-state index contributed by atoms with van der Waals surface area (Å²) in [7, 11) is -1.91. The minimum Gasteiger partial charge on any atom is -0.475 e. The van der Waals surface area contributed by atoms with Crippen molar-refractivity contribution < 1.29 is 13.9 Å². The topological polar surface area (TPSA) is 74.5 Å². The average Bonchev–Trinajstić information content (AvgIpc) is 3.61. The van der Waals surface area contributed by atoms with Gasteiger partial charge < -0.3 is 23.4 Å². The van der Waals surface area contributed by atoms with Crippen molar-refractivity contribution in [3.05, 3.63) is 28.5 Å². The van der Waals surface area contributed by atoms with E-state index in [4.69, 9.17) is 47.1 Å². The molecule has 3 aliphatic rings. The van der Waals surface area contributed by atoms with E-state index in [1.165, 1.54) is 32.1 Å². The third-order valence-corrected chi connectivity index (χ3v) is 15.6. The standard InChI is InChI=1S/C34H49Cl2N5O3Si/c1-22-10-12-23(13-11-22)21-41-31-26(38-33(41)40-14-15-42-28-9-7-8-27(28)40)19-29(36)39-30(31)25-18-24(35)20-37-32(25)43-16-17-44-45(5,6)34(2,3)4/h18-20,22-23,27-28H,7-17,21H2,1-6H3/t22?,23?,27-,28-/m1/s1. The fourth-order valence-electron chi connectivity index (χ4n) is 7.00. The maximum absolute atomic E-state index is 6.73. The van der Waals surface area contributed by atoms with E-state index in [0.29, 0.717) is 59.1 Å². The number of pyridine rings is 2. The fraction of sp³-hybridized carbons (Fsp3) is 0.676. The molecule has 2 saturated carbocycles. The SMILES string of the molecule is CC1CCC(Cn2c(N3CCO[C@@H]4CCC[C@H]43)nc3cc(Cl)nc(-c4cc(Cl)cnc4OCCO[Si](C)(C)C(C)(C)C)c32)CC1. The summed E-state index contributed by atoms with van der Waals surface area (Å²) in [6.45, 7) is 16.9. The van der Waals surface area contributed by atoms with Gasteiger partial charge in [-0.2, -0.15) is 0 Å². The quantitative estimate of drug-likeness (QED) is 0.128. The Labute approximate surface area is 279 Å². The lowest BCUT2D eigenvalue weighted by molar-refractivity contribution is 0.0247. The van der Waals surface area contributed by atoms with Crippen LogP contribution in [0.2, 0.25) is 28.3 Å². The molecule has 4 heterocycles. The zero-order valence-corrected chi connectivity index (χ0v) is 30.3. The molecular formula is C34H49Cl2N5O3Si. The van der Waals surface area contributed by atoms with Gasteiger partial charge in [-0.15, -0.1) is 0 Å². The summed E-state index contributed by atoms with van der Waals surface area (Å²) in [6, 6.07) is 4.11. The van der Waals surface area contributed by atoms with E-state index in [-0.39, 0.29) is 11.1 Å². The maximum atomic E-state index is 6.73. The van der Waals surface area contributed by atoms with Crippen LogP contribution < -0.4 is 9.64 Å². The number of hydrogen-bond donors (Lipinski definition) is 0. The van der Waals surface area contributed by atoms with Crippen molar-refractivity contribution in [2.45, 2.75) is 109 Å². The molecule has 1 saturated heterocycles. The molecule has 8 nitrogen and oxygen atoms in total. The number of nitrogens with zero attached hydrogens (tertiary/aromatic N) is 5. The highest BCUT2D eigenvalue weighted by Gasteiger charge is 2.39. The number of halogens is 2. The minimum absolute atomic E-state index is 0.123. The third kappa shape index (κ3) is 7.03. The number of aromatic nitrogens is 4. The molecule has 3 aromatic heterocycles. The van der Waals surface area contributed by atoms with E-state index in [9.17, 15) is 0 Å². The van der Waals surface area contributed by atoms with Crippen molar-refractivity contribution in [3.8, 4) is 17.1 Å². The summed E-state index contributed by atoms with van der Waals surface area (Å²) < 4.78 is 21.3. The Bertz CT molecular complexity index is 1500. The molecule has 0 unspecified atom stereocenters. The second-order valence-electron chi connectivity index (χ2n) is 14.9. The molecule has 1 aliphatic heterocycles. The van der Waals surface area contributed by atoms with Crippen molar-refractivity contribution >= 4 is 48.5 Å². The van der Waals surface area contributed by atoms with Crippen LogP contribution in [0.4, 0.5) is 5.95 Å². The summed E-state index contributed by atoms with van der Waals surface area (Å²) in [6.07, 6.45) is 10.2. The van der Waals surface area contributed by atoms with Crippen LogP contribution in [-0.4, -0.2) is 66.3 Å². The Morgan fingerprint density at radius 3 is 2.56 bits per heavy atom. The van der Waals surface area contributed by atoms with Gasteiger partial charge in [0.25, 0.3) is 0 Å². The smallest absolute Gasteiger partial charge is 0.223 e. The Hall–Kier alpha value is -1.91. The van der Waals surface area contributed by atoms with Crippen molar-refractivity contribution in [2.24, 2.45) is 11.8 Å². The Morgan fingerprint density at radius 1 is 1.02 bits per heavy atom. The lowest BCUT2D eigenvalue weighted by Crippen LogP contribution is -2.49. The van der Waals surface area contributed by atoms with Crippen LogP contribution in [0.5, 0.6) is 5.88 Å². The lowest BCUT2D eigenvalue weighted by atomic mass is 9.83. The summed E-state index contributed by atoms with van der Waals surface area (Å²) in [5.41, 5.74) is 3.21. The molecule has 45 heavy (non-hydrogen) atoms. The summed E-state index contributed by atoms with van der Waals surface area (Å²) >= 11 is 13.3. The molecule has 6 rings (SSSR count). The van der Waals surface area contributed by atoms with E-state index in [2.05, 4.69) is 55.2 Å². The number of rotatable bonds is 9. The second-order valence-corrected chi connectivity index (χ2v) is 20.5. The molecule has 0 aromatic carbocycles. The number of fused-ring (bicyclic) bond motifs is 2. The first kappa shape index (κ1) is 33.0. The maximum Gasteiger partial charge on any atom is 0.223 e. The van der Waals surface area contributed by atoms with Crippen molar-refractivity contribution in [2.75, 3.05) is 31.3 Å². The summed E-state index contributed by atoms with van der Waals surface area (Å²) in [4.78, 5) is 17.3. The average molecular weight is 675 g/mol. The predicted molar refractivity (Wildman–Crippen MR) is 185 cm³/mol. The van der Waals surface area contributed by atoms with Crippen molar-refractivity contribution in [1.29, 1.82) is 0 Å². The predicted octanol–water partition coefficient (Wildman–Crippen LogP) is 8.78. The van der Waals surface area contributed by atoms with Gasteiger partial charge in [0.1, 0.15) is 17.5 Å². The highest BCUT2D eigenvalue weighted by atomic mass is 35.5. The largest absolute Gasteiger partial charge is 0.475 e. The minimum atomic E-state index is -1.91. The highest BCUT2D eigenvalue weighted by Crippen LogP contribution is 2.42. The molecule has 11 heteroatoms. The first-order valence-electron chi connectivity index (χ1n) is 16.8. The molecule has 0 bridgehead atoms. The summed E-state index contributed by atoms with van der Waals surface area (Å²) in [5, 5.41) is 1.02. The van der Waals surface area contributed by atoms with Crippen LogP contribution in [0.25, 0.3) is 22.3 Å². The number of imidazole rings is 1. The first-order valence-corrected chi connectivity index (χ1v) is 20.5. The van der Waals surface area contributed by atoms with E-state index in [1.54, 1.807) is 6.20 Å². The molecular weight excluding hydrogens is 625 g/mol. The van der Waals surface area contributed by atoms with Gasteiger partial charge in [0.05, 0.1) is 47.0 Å².